The van der Waals surface area contributed by atoms with Gasteiger partial charge in [0.15, 0.2) is 11.3 Å². The van der Waals surface area contributed by atoms with Crippen LogP contribution in [0.4, 0.5) is 5.69 Å². The van der Waals surface area contributed by atoms with Crippen LogP contribution in [0.25, 0.3) is 0 Å². The van der Waals surface area contributed by atoms with Gasteiger partial charge in [-0.05, 0) is 25.1 Å². The molecule has 0 saturated heterocycles. The van der Waals surface area contributed by atoms with Crippen LogP contribution in [0, 0.1) is 17.0 Å². The third-order valence-corrected chi connectivity index (χ3v) is 3.20. The van der Waals surface area contributed by atoms with E-state index in [0.29, 0.717) is 21.8 Å². The van der Waals surface area contributed by atoms with Crippen molar-refractivity contribution in [3.8, 4) is 10.8 Å². The number of ether oxygens (including phenoxy) is 1. The van der Waals surface area contributed by atoms with Gasteiger partial charge in [0, 0.05) is 5.56 Å². The fourth-order valence-electron chi connectivity index (χ4n) is 1.51. The molecule has 2 aromatic rings. The van der Waals surface area contributed by atoms with E-state index in [2.05, 4.69) is 0 Å². The van der Waals surface area contributed by atoms with Crippen LogP contribution in [0.5, 0.6) is 10.8 Å². The van der Waals surface area contributed by atoms with Crippen molar-refractivity contribution in [2.24, 2.45) is 0 Å². The molecule has 1 aromatic carbocycles. The lowest BCUT2D eigenvalue weighted by Crippen LogP contribution is -1.95. The minimum Gasteiger partial charge on any atom is -0.439 e. The fraction of sp³-hybridized carbons (Fsp3) is 0.0833. The number of nitrogens with zero attached hydrogens (tertiary/aromatic N) is 1. The number of para-hydroxylation sites is 1. The zero-order valence-electron chi connectivity index (χ0n) is 9.45. The van der Waals surface area contributed by atoms with E-state index in [1.807, 2.05) is 0 Å². The van der Waals surface area contributed by atoms with Gasteiger partial charge < -0.3 is 4.74 Å². The minimum absolute atomic E-state index is 0.0569. The van der Waals surface area contributed by atoms with Crippen molar-refractivity contribution in [3.05, 3.63) is 50.9 Å². The first-order valence-corrected chi connectivity index (χ1v) is 5.90. The highest BCUT2D eigenvalue weighted by atomic mass is 32.1. The Morgan fingerprint density at radius 3 is 2.72 bits per heavy atom. The summed E-state index contributed by atoms with van der Waals surface area (Å²) in [4.78, 5) is 21.6. The highest BCUT2D eigenvalue weighted by Gasteiger charge is 2.19. The Morgan fingerprint density at radius 1 is 1.33 bits per heavy atom. The molecule has 1 aromatic heterocycles. The molecule has 18 heavy (non-hydrogen) atoms. The Bertz CT molecular complexity index is 606. The van der Waals surface area contributed by atoms with Gasteiger partial charge in [-0.2, -0.15) is 0 Å². The molecule has 0 atom stereocenters. The van der Waals surface area contributed by atoms with Gasteiger partial charge in [-0.15, -0.1) is 0 Å². The molecule has 0 amide bonds. The van der Waals surface area contributed by atoms with E-state index >= 15 is 0 Å². The van der Waals surface area contributed by atoms with Gasteiger partial charge in [-0.25, -0.2) is 0 Å². The van der Waals surface area contributed by atoms with Crippen molar-refractivity contribution < 1.29 is 14.5 Å². The highest BCUT2D eigenvalue weighted by Crippen LogP contribution is 2.36. The van der Waals surface area contributed by atoms with Crippen molar-refractivity contribution in [2.45, 2.75) is 6.92 Å². The van der Waals surface area contributed by atoms with Crippen LogP contribution < -0.4 is 4.74 Å². The second-order valence-corrected chi connectivity index (χ2v) is 4.63. The number of hydrogen-bond donors (Lipinski definition) is 0. The molecule has 0 bridgehead atoms. The highest BCUT2D eigenvalue weighted by molar-refractivity contribution is 7.15. The molecule has 0 aliphatic carbocycles. The van der Waals surface area contributed by atoms with Gasteiger partial charge in [0.25, 0.3) is 0 Å². The summed E-state index contributed by atoms with van der Waals surface area (Å²) in [5.74, 6) is 0.180. The zero-order chi connectivity index (χ0) is 13.1. The van der Waals surface area contributed by atoms with Gasteiger partial charge in [0.2, 0.25) is 5.75 Å². The number of carbonyl (C=O) groups excluding carboxylic acids is 1. The molecular weight excluding hydrogens is 254 g/mol. The Balaban J connectivity index is 2.36. The Hall–Kier alpha value is -2.21. The van der Waals surface area contributed by atoms with Crippen LogP contribution in [0.3, 0.4) is 0 Å². The summed E-state index contributed by atoms with van der Waals surface area (Å²) in [6.07, 6.45) is 0.710. The van der Waals surface area contributed by atoms with E-state index in [1.165, 1.54) is 6.07 Å². The molecule has 92 valence electrons. The number of carbonyl (C=O) groups is 1. The van der Waals surface area contributed by atoms with Crippen molar-refractivity contribution in [1.29, 1.82) is 0 Å². The van der Waals surface area contributed by atoms with E-state index in [0.717, 1.165) is 11.3 Å². The third-order valence-electron chi connectivity index (χ3n) is 2.31. The summed E-state index contributed by atoms with van der Waals surface area (Å²) in [5, 5.41) is 11.4. The second kappa shape index (κ2) is 4.97. The number of nitro benzene ring substituents is 1. The largest absolute Gasteiger partial charge is 0.439 e. The molecule has 5 nitrogen and oxygen atoms in total. The van der Waals surface area contributed by atoms with Gasteiger partial charge in [-0.1, -0.05) is 23.5 Å². The summed E-state index contributed by atoms with van der Waals surface area (Å²) in [5.41, 5.74) is 0.475. The summed E-state index contributed by atoms with van der Waals surface area (Å²) < 4.78 is 5.45. The lowest BCUT2D eigenvalue weighted by atomic mass is 10.2. The quantitative estimate of drug-likeness (QED) is 0.480. The standard InChI is InChI=1S/C12H9NO4S/c1-8-3-2-4-10(12(8)13(15)16)17-11-6-5-9(7-14)18-11/h2-7H,1H3. The molecule has 6 heteroatoms. The lowest BCUT2D eigenvalue weighted by Gasteiger charge is -2.05. The van der Waals surface area contributed by atoms with Crippen molar-refractivity contribution in [2.75, 3.05) is 0 Å². The number of aryl methyl sites for hydroxylation is 1. The monoisotopic (exact) mass is 263 g/mol. The summed E-state index contributed by atoms with van der Waals surface area (Å²) in [6, 6.07) is 8.09. The van der Waals surface area contributed by atoms with Crippen LogP contribution in [0.2, 0.25) is 0 Å². The molecular formula is C12H9NO4S. The first-order chi connectivity index (χ1) is 8.61. The van der Waals surface area contributed by atoms with E-state index < -0.39 is 4.92 Å². The second-order valence-electron chi connectivity index (χ2n) is 3.56. The summed E-state index contributed by atoms with van der Waals surface area (Å²) in [7, 11) is 0. The molecule has 2 rings (SSSR count). The molecule has 0 spiro atoms. The smallest absolute Gasteiger partial charge is 0.314 e. The normalized spacial score (nSPS) is 10.1. The lowest BCUT2D eigenvalue weighted by molar-refractivity contribution is -0.386. The Labute approximate surface area is 107 Å². The number of thiophene rings is 1. The average molecular weight is 263 g/mol. The molecule has 0 unspecified atom stereocenters. The third kappa shape index (κ3) is 2.38. The van der Waals surface area contributed by atoms with Gasteiger partial charge in [0.1, 0.15) is 0 Å². The predicted molar refractivity (Wildman–Crippen MR) is 67.6 cm³/mol. The number of rotatable bonds is 4. The zero-order valence-corrected chi connectivity index (χ0v) is 10.3. The van der Waals surface area contributed by atoms with Crippen LogP contribution in [-0.4, -0.2) is 11.2 Å². The number of aldehydes is 1. The van der Waals surface area contributed by atoms with Gasteiger partial charge >= 0.3 is 5.69 Å². The first kappa shape index (κ1) is 12.3. The number of hydrogen-bond acceptors (Lipinski definition) is 5. The maximum absolute atomic E-state index is 11.0. The predicted octanol–water partition coefficient (Wildman–Crippen LogP) is 3.57. The Kier molecular flexibility index (Phi) is 3.38. The molecule has 0 aliphatic heterocycles. The van der Waals surface area contributed by atoms with Crippen molar-refractivity contribution >= 4 is 23.3 Å². The molecule has 1 heterocycles. The van der Waals surface area contributed by atoms with Gasteiger partial charge in [0.05, 0.1) is 9.80 Å². The van der Waals surface area contributed by atoms with E-state index in [4.69, 9.17) is 4.74 Å². The van der Waals surface area contributed by atoms with Crippen LogP contribution in [-0.2, 0) is 0 Å². The van der Waals surface area contributed by atoms with Crippen LogP contribution in [0.1, 0.15) is 15.2 Å². The molecule has 0 aliphatic rings. The topological polar surface area (TPSA) is 69.4 Å². The van der Waals surface area contributed by atoms with E-state index in [9.17, 15) is 14.9 Å². The van der Waals surface area contributed by atoms with Gasteiger partial charge in [-0.3, -0.25) is 14.9 Å². The van der Waals surface area contributed by atoms with Crippen LogP contribution in [0.15, 0.2) is 30.3 Å². The number of nitro groups is 1. The van der Waals surface area contributed by atoms with Crippen molar-refractivity contribution in [3.63, 3.8) is 0 Å². The molecule has 0 fully saturated rings. The fourth-order valence-corrected chi connectivity index (χ4v) is 2.19. The number of benzene rings is 1. The average Bonchev–Trinajstić information content (AvgIpc) is 2.76. The van der Waals surface area contributed by atoms with E-state index in [-0.39, 0.29) is 11.4 Å². The minimum atomic E-state index is -0.473. The SMILES string of the molecule is Cc1cccc(Oc2ccc(C=O)s2)c1[N+](=O)[O-]. The first-order valence-electron chi connectivity index (χ1n) is 5.08. The molecule has 0 radical (unpaired) electrons. The van der Waals surface area contributed by atoms with Crippen LogP contribution >= 0.6 is 11.3 Å². The Morgan fingerprint density at radius 2 is 2.11 bits per heavy atom. The summed E-state index contributed by atoms with van der Waals surface area (Å²) >= 11 is 1.14. The maximum atomic E-state index is 11.0. The van der Waals surface area contributed by atoms with E-state index in [1.54, 1.807) is 31.2 Å². The molecule has 0 saturated carbocycles. The maximum Gasteiger partial charge on any atom is 0.314 e. The van der Waals surface area contributed by atoms with Crippen molar-refractivity contribution in [1.82, 2.24) is 0 Å². The summed E-state index contributed by atoms with van der Waals surface area (Å²) in [6.45, 7) is 1.65. The molecule has 0 N–H and O–H groups in total.